The van der Waals surface area contributed by atoms with Crippen molar-refractivity contribution in [3.63, 3.8) is 0 Å². The minimum Gasteiger partial charge on any atom is -0.465 e. The van der Waals surface area contributed by atoms with E-state index in [1.165, 1.54) is 24.3 Å². The molecule has 0 aromatic carbocycles. The first-order valence-electron chi connectivity index (χ1n) is 4.13. The number of carbonyl (C=O) groups is 1. The third kappa shape index (κ3) is 2.86. The van der Waals surface area contributed by atoms with Crippen LogP contribution in [0.15, 0.2) is 36.2 Å². The van der Waals surface area contributed by atoms with Crippen molar-refractivity contribution >= 4 is 5.97 Å². The summed E-state index contributed by atoms with van der Waals surface area (Å²) >= 11 is 0. The van der Waals surface area contributed by atoms with Crippen LogP contribution in [0.4, 0.5) is 4.39 Å². The Hall–Kier alpha value is -1.38. The molecule has 0 aromatic rings. The molecule has 0 saturated carbocycles. The topological polar surface area (TPSA) is 26.3 Å². The fraction of sp³-hybridized carbons (Fsp3) is 0.300. The van der Waals surface area contributed by atoms with E-state index in [1.807, 2.05) is 0 Å². The lowest BCUT2D eigenvalue weighted by Crippen LogP contribution is -2.13. The van der Waals surface area contributed by atoms with Gasteiger partial charge in [-0.25, -0.2) is 4.39 Å². The zero-order valence-corrected chi connectivity index (χ0v) is 7.37. The number of allylic oxidation sites excluding steroid dienone is 4. The average molecular weight is 182 g/mol. The molecule has 0 bridgehead atoms. The monoisotopic (exact) mass is 182 g/mol. The molecule has 0 aliphatic heterocycles. The third-order valence-corrected chi connectivity index (χ3v) is 1.60. The molecule has 1 aliphatic carbocycles. The summed E-state index contributed by atoms with van der Waals surface area (Å²) in [6, 6.07) is 0. The smallest absolute Gasteiger partial charge is 0.316 e. The van der Waals surface area contributed by atoms with Crippen molar-refractivity contribution in [2.24, 2.45) is 5.92 Å². The van der Waals surface area contributed by atoms with Crippen LogP contribution in [-0.4, -0.2) is 12.6 Å². The normalized spacial score (nSPS) is 20.8. The number of rotatable bonds is 2. The lowest BCUT2D eigenvalue weighted by Gasteiger charge is -2.05. The second-order valence-corrected chi connectivity index (χ2v) is 2.57. The molecule has 0 saturated heterocycles. The number of ether oxygens (including phenoxy) is 1. The Morgan fingerprint density at radius 1 is 1.62 bits per heavy atom. The Labute approximate surface area is 76.4 Å². The van der Waals surface area contributed by atoms with E-state index in [4.69, 9.17) is 4.74 Å². The molecular weight excluding hydrogens is 171 g/mol. The van der Waals surface area contributed by atoms with Gasteiger partial charge in [0.2, 0.25) is 0 Å². The van der Waals surface area contributed by atoms with E-state index in [2.05, 4.69) is 0 Å². The van der Waals surface area contributed by atoms with Gasteiger partial charge >= 0.3 is 5.97 Å². The van der Waals surface area contributed by atoms with Crippen molar-refractivity contribution in [1.82, 2.24) is 0 Å². The highest BCUT2D eigenvalue weighted by Crippen LogP contribution is 2.12. The van der Waals surface area contributed by atoms with Gasteiger partial charge in [-0.05, 0) is 19.1 Å². The van der Waals surface area contributed by atoms with Crippen molar-refractivity contribution in [3.05, 3.63) is 36.2 Å². The van der Waals surface area contributed by atoms with E-state index in [1.54, 1.807) is 13.0 Å². The highest BCUT2D eigenvalue weighted by Gasteiger charge is 2.13. The maximum atomic E-state index is 12.6. The molecule has 0 N–H and O–H groups in total. The van der Waals surface area contributed by atoms with Gasteiger partial charge < -0.3 is 4.74 Å². The van der Waals surface area contributed by atoms with Gasteiger partial charge in [-0.1, -0.05) is 18.2 Å². The van der Waals surface area contributed by atoms with Gasteiger partial charge in [-0.15, -0.1) is 0 Å². The van der Waals surface area contributed by atoms with Crippen molar-refractivity contribution in [2.45, 2.75) is 6.92 Å². The molecule has 0 amide bonds. The van der Waals surface area contributed by atoms with Crippen molar-refractivity contribution in [3.8, 4) is 0 Å². The fourth-order valence-corrected chi connectivity index (χ4v) is 0.978. The molecule has 0 spiro atoms. The molecule has 3 heteroatoms. The number of hydrogen-bond acceptors (Lipinski definition) is 2. The molecule has 13 heavy (non-hydrogen) atoms. The quantitative estimate of drug-likeness (QED) is 0.611. The zero-order chi connectivity index (χ0) is 9.68. The first-order valence-corrected chi connectivity index (χ1v) is 4.13. The number of carbonyl (C=O) groups excluding carboxylic acids is 1. The van der Waals surface area contributed by atoms with Gasteiger partial charge in [0.15, 0.2) is 0 Å². The second-order valence-electron chi connectivity index (χ2n) is 2.57. The molecule has 1 rings (SSSR count). The summed E-state index contributed by atoms with van der Waals surface area (Å²) in [5, 5.41) is 0. The van der Waals surface area contributed by atoms with Crippen LogP contribution >= 0.6 is 0 Å². The van der Waals surface area contributed by atoms with E-state index in [-0.39, 0.29) is 11.8 Å². The summed E-state index contributed by atoms with van der Waals surface area (Å²) in [6.07, 6.45) is 7.16. The standard InChI is InChI=1S/C10H11FO2/c1-2-13-10(12)8-4-3-5-9(11)7-6-8/h3-8H,2H2,1H3. The van der Waals surface area contributed by atoms with Crippen LogP contribution in [0.1, 0.15) is 6.92 Å². The Bertz CT molecular complexity index is 277. The zero-order valence-electron chi connectivity index (χ0n) is 7.37. The van der Waals surface area contributed by atoms with Gasteiger partial charge in [0.25, 0.3) is 0 Å². The SMILES string of the molecule is CCOC(=O)C1C=CC=C(F)C=C1. The van der Waals surface area contributed by atoms with Gasteiger partial charge in [-0.2, -0.15) is 0 Å². The molecule has 0 aromatic heterocycles. The first kappa shape index (κ1) is 9.71. The summed E-state index contributed by atoms with van der Waals surface area (Å²) in [6.45, 7) is 2.08. The van der Waals surface area contributed by atoms with E-state index >= 15 is 0 Å². The first-order chi connectivity index (χ1) is 6.24. The Morgan fingerprint density at radius 2 is 2.38 bits per heavy atom. The number of halogens is 1. The Balaban J connectivity index is 2.64. The molecule has 1 aliphatic rings. The number of hydrogen-bond donors (Lipinski definition) is 0. The van der Waals surface area contributed by atoms with Crippen molar-refractivity contribution in [2.75, 3.05) is 6.61 Å². The van der Waals surface area contributed by atoms with Crippen LogP contribution in [-0.2, 0) is 9.53 Å². The maximum absolute atomic E-state index is 12.6. The lowest BCUT2D eigenvalue weighted by molar-refractivity contribution is -0.144. The van der Waals surface area contributed by atoms with Crippen LogP contribution in [0.2, 0.25) is 0 Å². The van der Waals surface area contributed by atoms with Crippen LogP contribution in [0, 0.1) is 5.92 Å². The molecule has 0 radical (unpaired) electrons. The highest BCUT2D eigenvalue weighted by atomic mass is 19.1. The van der Waals surface area contributed by atoms with Gasteiger partial charge in [0, 0.05) is 0 Å². The van der Waals surface area contributed by atoms with Crippen LogP contribution < -0.4 is 0 Å². The third-order valence-electron chi connectivity index (χ3n) is 1.60. The molecular formula is C10H11FO2. The Morgan fingerprint density at radius 3 is 3.08 bits per heavy atom. The summed E-state index contributed by atoms with van der Waals surface area (Å²) in [5.41, 5.74) is 0. The van der Waals surface area contributed by atoms with Crippen molar-refractivity contribution in [1.29, 1.82) is 0 Å². The minimum atomic E-state index is -0.468. The second kappa shape index (κ2) is 4.60. The summed E-state index contributed by atoms with van der Waals surface area (Å²) in [4.78, 5) is 11.2. The number of esters is 1. The molecule has 1 atom stereocenters. The van der Waals surface area contributed by atoms with Crippen LogP contribution in [0.5, 0.6) is 0 Å². The van der Waals surface area contributed by atoms with Crippen LogP contribution in [0.25, 0.3) is 0 Å². The highest BCUT2D eigenvalue weighted by molar-refractivity contribution is 5.77. The lowest BCUT2D eigenvalue weighted by atomic mass is 10.1. The summed E-state index contributed by atoms with van der Waals surface area (Å²) in [5.74, 6) is -1.18. The molecule has 0 fully saturated rings. The summed E-state index contributed by atoms with van der Waals surface area (Å²) in [7, 11) is 0. The van der Waals surface area contributed by atoms with Gasteiger partial charge in [0.1, 0.15) is 5.83 Å². The van der Waals surface area contributed by atoms with E-state index in [0.29, 0.717) is 6.61 Å². The largest absolute Gasteiger partial charge is 0.465 e. The Kier molecular flexibility index (Phi) is 3.43. The van der Waals surface area contributed by atoms with E-state index in [9.17, 15) is 9.18 Å². The van der Waals surface area contributed by atoms with Crippen LogP contribution in [0.3, 0.4) is 0 Å². The van der Waals surface area contributed by atoms with Crippen molar-refractivity contribution < 1.29 is 13.9 Å². The van der Waals surface area contributed by atoms with Gasteiger partial charge in [-0.3, -0.25) is 4.79 Å². The minimum absolute atomic E-state index is 0.340. The maximum Gasteiger partial charge on any atom is 0.316 e. The van der Waals surface area contributed by atoms with Gasteiger partial charge in [0.05, 0.1) is 12.5 Å². The molecule has 70 valence electrons. The van der Waals surface area contributed by atoms with E-state index < -0.39 is 5.92 Å². The fourth-order valence-electron chi connectivity index (χ4n) is 0.978. The average Bonchev–Trinajstić information content (AvgIpc) is 2.30. The predicted octanol–water partition coefficient (Wildman–Crippen LogP) is 2.15. The molecule has 2 nitrogen and oxygen atoms in total. The molecule has 0 heterocycles. The molecule has 1 unspecified atom stereocenters. The summed E-state index contributed by atoms with van der Waals surface area (Å²) < 4.78 is 17.4. The predicted molar refractivity (Wildman–Crippen MR) is 47.6 cm³/mol. The van der Waals surface area contributed by atoms with E-state index in [0.717, 1.165) is 0 Å².